The smallest absolute Gasteiger partial charge is 0.164 e. The highest BCUT2D eigenvalue weighted by Crippen LogP contribution is 2.68. The summed E-state index contributed by atoms with van der Waals surface area (Å²) in [6.45, 7) is 0. The van der Waals surface area contributed by atoms with E-state index in [-0.39, 0.29) is 0 Å². The largest absolute Gasteiger partial charge is 0.455 e. The number of aromatic nitrogens is 3. The van der Waals surface area contributed by atoms with Gasteiger partial charge in [-0.2, -0.15) is 0 Å². The summed E-state index contributed by atoms with van der Waals surface area (Å²) in [7, 11) is 0. The highest BCUT2D eigenvalue weighted by molar-refractivity contribution is 6.13. The fraction of sp³-hybridized carbons (Fsp3) is 0.0339. The van der Waals surface area contributed by atoms with Gasteiger partial charge in [-0.05, 0) is 73.3 Å². The number of benzene rings is 9. The number of furan rings is 1. The quantitative estimate of drug-likeness (QED) is 0.179. The van der Waals surface area contributed by atoms with Gasteiger partial charge in [0.25, 0.3) is 0 Å². The van der Waals surface area contributed by atoms with E-state index < -0.39 is 10.8 Å². The van der Waals surface area contributed by atoms with Crippen LogP contribution < -0.4 is 0 Å². The fourth-order valence-electron chi connectivity index (χ4n) is 11.6. The van der Waals surface area contributed by atoms with Crippen LogP contribution in [0.15, 0.2) is 217 Å². The Morgan fingerprint density at radius 3 is 1.33 bits per heavy atom. The SMILES string of the molecule is c1ccc(-c2nc(-c3ccccc3)nc(-c3ccc4c(c3)C3(c5ccccc5C5(c6ccccc6-c6ccccc65)c5ccccc53)c3ccc5c(oc6ccccc65)c3-4)n2)cc1. The average molecular weight is 802 g/mol. The van der Waals surface area contributed by atoms with Crippen molar-refractivity contribution in [3.05, 3.63) is 257 Å². The van der Waals surface area contributed by atoms with Gasteiger partial charge >= 0.3 is 0 Å². The van der Waals surface area contributed by atoms with Crippen LogP contribution in [0.3, 0.4) is 0 Å². The highest BCUT2D eigenvalue weighted by atomic mass is 16.3. The van der Waals surface area contributed by atoms with E-state index in [2.05, 4.69) is 176 Å². The molecule has 9 aromatic carbocycles. The maximum Gasteiger partial charge on any atom is 0.164 e. The highest BCUT2D eigenvalue weighted by Gasteiger charge is 2.59. The van der Waals surface area contributed by atoms with Gasteiger partial charge in [-0.15, -0.1) is 0 Å². The van der Waals surface area contributed by atoms with E-state index >= 15 is 0 Å². The lowest BCUT2D eigenvalue weighted by atomic mass is 9.52. The monoisotopic (exact) mass is 801 g/mol. The molecule has 292 valence electrons. The molecule has 3 aliphatic rings. The second-order valence-corrected chi connectivity index (χ2v) is 16.9. The van der Waals surface area contributed by atoms with Crippen LogP contribution in [0.2, 0.25) is 0 Å². The summed E-state index contributed by atoms with van der Waals surface area (Å²) in [4.78, 5) is 15.5. The van der Waals surface area contributed by atoms with Crippen molar-refractivity contribution in [3.63, 3.8) is 0 Å². The Morgan fingerprint density at radius 2 is 0.762 bits per heavy atom. The molecule has 0 aliphatic heterocycles. The number of fused-ring (bicyclic) bond motifs is 20. The normalized spacial score (nSPS) is 14.3. The van der Waals surface area contributed by atoms with Gasteiger partial charge in [0, 0.05) is 33.0 Å². The minimum Gasteiger partial charge on any atom is -0.455 e. The lowest BCUT2D eigenvalue weighted by Crippen LogP contribution is -2.43. The first-order valence-corrected chi connectivity index (χ1v) is 21.6. The topological polar surface area (TPSA) is 51.8 Å². The molecule has 4 heteroatoms. The van der Waals surface area contributed by atoms with Crippen molar-refractivity contribution in [2.45, 2.75) is 10.8 Å². The summed E-state index contributed by atoms with van der Waals surface area (Å²) in [5, 5.41) is 2.23. The van der Waals surface area contributed by atoms with Crippen LogP contribution in [0.4, 0.5) is 0 Å². The Kier molecular flexibility index (Phi) is 6.94. The number of hydrogen-bond donors (Lipinski definition) is 0. The molecule has 0 bridgehead atoms. The molecule has 11 aromatic rings. The van der Waals surface area contributed by atoms with Crippen molar-refractivity contribution in [1.29, 1.82) is 0 Å². The Balaban J connectivity index is 1.12. The zero-order valence-corrected chi connectivity index (χ0v) is 34.0. The molecule has 3 aliphatic carbocycles. The second kappa shape index (κ2) is 12.7. The van der Waals surface area contributed by atoms with Crippen LogP contribution in [0, 0.1) is 0 Å². The standard InChI is InChI=1S/C59H35N3O/c1-3-17-36(18-4-1)55-60-56(37-19-5-2-6-20-37)62-57(61-55)38-31-32-43-51(35-38)59(50-34-33-42-41-23-9-16-30-52(41)63-54(42)53(43)50)48-28-14-12-26-46(48)58(47-27-13-15-29-49(47)59)44-24-10-7-21-39(44)40-22-8-11-25-45(40)58/h1-35H. The lowest BCUT2D eigenvalue weighted by Gasteiger charge is -2.48. The van der Waals surface area contributed by atoms with E-state index in [1.807, 2.05) is 36.4 Å². The van der Waals surface area contributed by atoms with E-state index in [1.54, 1.807) is 0 Å². The van der Waals surface area contributed by atoms with Gasteiger partial charge in [-0.25, -0.2) is 15.0 Å². The molecular formula is C59H35N3O. The maximum absolute atomic E-state index is 6.96. The Hall–Kier alpha value is -8.21. The maximum atomic E-state index is 6.96. The van der Waals surface area contributed by atoms with Crippen molar-refractivity contribution in [2.75, 3.05) is 0 Å². The van der Waals surface area contributed by atoms with Crippen LogP contribution in [-0.2, 0) is 10.8 Å². The van der Waals surface area contributed by atoms with Gasteiger partial charge in [0.15, 0.2) is 17.5 Å². The van der Waals surface area contributed by atoms with E-state index in [9.17, 15) is 0 Å². The summed E-state index contributed by atoms with van der Waals surface area (Å²) in [5.74, 6) is 1.89. The Bertz CT molecular complexity index is 3550. The molecule has 0 atom stereocenters. The molecule has 0 fully saturated rings. The van der Waals surface area contributed by atoms with Crippen molar-refractivity contribution in [2.24, 2.45) is 0 Å². The van der Waals surface area contributed by atoms with Gasteiger partial charge in [-0.1, -0.05) is 200 Å². The molecule has 14 rings (SSSR count). The molecule has 2 aromatic heterocycles. The van der Waals surface area contributed by atoms with E-state index in [0.717, 1.165) is 49.8 Å². The number of hydrogen-bond acceptors (Lipinski definition) is 4. The number of rotatable bonds is 3. The first-order chi connectivity index (χ1) is 31.2. The molecule has 63 heavy (non-hydrogen) atoms. The van der Waals surface area contributed by atoms with Gasteiger partial charge in [0.2, 0.25) is 0 Å². The average Bonchev–Trinajstić information content (AvgIpc) is 3.99. The van der Waals surface area contributed by atoms with Crippen molar-refractivity contribution < 1.29 is 4.42 Å². The van der Waals surface area contributed by atoms with Gasteiger partial charge < -0.3 is 4.42 Å². The fourth-order valence-corrected chi connectivity index (χ4v) is 11.6. The molecule has 2 spiro atoms. The molecule has 0 saturated carbocycles. The van der Waals surface area contributed by atoms with E-state index in [1.165, 1.54) is 55.6 Å². The van der Waals surface area contributed by atoms with Crippen LogP contribution in [0.1, 0.15) is 44.5 Å². The molecule has 0 amide bonds. The van der Waals surface area contributed by atoms with E-state index in [4.69, 9.17) is 19.4 Å². The zero-order valence-electron chi connectivity index (χ0n) is 34.0. The molecule has 0 unspecified atom stereocenters. The molecule has 2 heterocycles. The number of para-hydroxylation sites is 1. The van der Waals surface area contributed by atoms with Crippen LogP contribution >= 0.6 is 0 Å². The molecular weight excluding hydrogens is 767 g/mol. The van der Waals surface area contributed by atoms with Gasteiger partial charge in [-0.3, -0.25) is 0 Å². The van der Waals surface area contributed by atoms with Gasteiger partial charge in [0.1, 0.15) is 11.2 Å². The van der Waals surface area contributed by atoms with Crippen LogP contribution in [0.25, 0.3) is 78.4 Å². The minimum atomic E-state index is -0.726. The summed E-state index contributed by atoms with van der Waals surface area (Å²) in [6.07, 6.45) is 0. The first kappa shape index (κ1) is 34.5. The van der Waals surface area contributed by atoms with Crippen LogP contribution in [0.5, 0.6) is 0 Å². The third-order valence-electron chi connectivity index (χ3n) is 14.0. The van der Waals surface area contributed by atoms with Gasteiger partial charge in [0.05, 0.1) is 10.8 Å². The third-order valence-corrected chi connectivity index (χ3v) is 14.0. The molecule has 4 nitrogen and oxygen atoms in total. The predicted octanol–water partition coefficient (Wildman–Crippen LogP) is 13.8. The van der Waals surface area contributed by atoms with E-state index in [0.29, 0.717) is 17.5 Å². The Morgan fingerprint density at radius 1 is 0.302 bits per heavy atom. The summed E-state index contributed by atoms with van der Waals surface area (Å²) in [5.41, 5.74) is 18.3. The van der Waals surface area contributed by atoms with Crippen molar-refractivity contribution >= 4 is 21.9 Å². The van der Waals surface area contributed by atoms with Crippen LogP contribution in [-0.4, -0.2) is 15.0 Å². The third kappa shape index (κ3) is 4.41. The summed E-state index contributed by atoms with van der Waals surface area (Å²) in [6, 6.07) is 76.8. The minimum absolute atomic E-state index is 0.543. The first-order valence-electron chi connectivity index (χ1n) is 21.6. The van der Waals surface area contributed by atoms with Crippen molar-refractivity contribution in [1.82, 2.24) is 15.0 Å². The predicted molar refractivity (Wildman–Crippen MR) is 252 cm³/mol. The zero-order chi connectivity index (χ0) is 41.3. The molecule has 0 radical (unpaired) electrons. The summed E-state index contributed by atoms with van der Waals surface area (Å²) < 4.78 is 6.96. The lowest BCUT2D eigenvalue weighted by molar-refractivity contribution is 0.631. The van der Waals surface area contributed by atoms with Crippen molar-refractivity contribution in [3.8, 4) is 56.4 Å². The molecule has 0 N–H and O–H groups in total. The Labute approximate surface area is 363 Å². The molecule has 0 saturated heterocycles. The second-order valence-electron chi connectivity index (χ2n) is 16.9. The number of nitrogens with zero attached hydrogens (tertiary/aromatic N) is 3. The summed E-state index contributed by atoms with van der Waals surface area (Å²) >= 11 is 0.